The van der Waals surface area contributed by atoms with Crippen molar-refractivity contribution in [1.82, 2.24) is 18.8 Å². The number of imidazole rings is 1. The lowest BCUT2D eigenvalue weighted by Gasteiger charge is -2.19. The first kappa shape index (κ1) is 27.3. The molecule has 6 aromatic rings. The average molecular weight is 600 g/mol. The Morgan fingerprint density at radius 1 is 0.909 bits per heavy atom. The van der Waals surface area contributed by atoms with Crippen LogP contribution >= 0.6 is 0 Å². The predicted octanol–water partition coefficient (Wildman–Crippen LogP) is 5.63. The lowest BCUT2D eigenvalue weighted by Crippen LogP contribution is -2.29. The van der Waals surface area contributed by atoms with E-state index in [9.17, 15) is 23.3 Å². The molecule has 2 amide bonds. The Kier molecular flexibility index (Phi) is 6.23. The first-order valence-corrected chi connectivity index (χ1v) is 15.4. The molecule has 0 spiro atoms. The number of nitrogens with one attached hydrogen (secondary N) is 1. The summed E-state index contributed by atoms with van der Waals surface area (Å²) in [5.74, 6) is -0.152. The number of amides is 2. The molecule has 0 radical (unpaired) electrons. The van der Waals surface area contributed by atoms with E-state index in [1.807, 2.05) is 19.9 Å². The quantitative estimate of drug-likeness (QED) is 0.247. The first-order valence-electron chi connectivity index (χ1n) is 13.9. The van der Waals surface area contributed by atoms with E-state index < -0.39 is 10.0 Å². The second-order valence-electron chi connectivity index (χ2n) is 11.0. The van der Waals surface area contributed by atoms with Gasteiger partial charge in [0.1, 0.15) is 5.82 Å². The molecule has 0 fully saturated rings. The monoisotopic (exact) mass is 599 g/mol. The van der Waals surface area contributed by atoms with Gasteiger partial charge in [0.2, 0.25) is 0 Å². The van der Waals surface area contributed by atoms with E-state index in [-0.39, 0.29) is 29.7 Å². The Hall–Kier alpha value is -5.53. The zero-order valence-electron chi connectivity index (χ0n) is 23.8. The van der Waals surface area contributed by atoms with Crippen molar-refractivity contribution >= 4 is 43.8 Å². The number of benzene rings is 4. The van der Waals surface area contributed by atoms with Crippen LogP contribution in [0.15, 0.2) is 90.0 Å². The molecule has 1 aliphatic rings. The fourth-order valence-corrected chi connectivity index (χ4v) is 7.36. The molecule has 0 saturated heterocycles. The Bertz CT molecular complexity index is 2290. The molecule has 0 aliphatic carbocycles. The zero-order chi connectivity index (χ0) is 30.7. The van der Waals surface area contributed by atoms with E-state index >= 15 is 0 Å². The summed E-state index contributed by atoms with van der Waals surface area (Å²) in [5, 5.41) is 10.0. The molecule has 3 heterocycles. The topological polar surface area (TPSA) is 129 Å². The second-order valence-corrected chi connectivity index (χ2v) is 12.8. The number of H-pyrrole nitrogens is 1. The van der Waals surface area contributed by atoms with Gasteiger partial charge in [-0.05, 0) is 79.1 Å². The molecular weight excluding hydrogens is 574 g/mol. The standard InChI is InChI=1S/C34H25N5O4S/c1-20-7-10-24(11-8-20)44(42,43)39-14-13-25-28(17-31-36-29-12-9-22(18-35)16-30(29)37-31)23(15-21(2)32(25)39)19-38-33(40)26-5-3-4-6-27(26)34(38)41/h3-16H,17,19H2,1-2H3,(H,36,37). The summed E-state index contributed by atoms with van der Waals surface area (Å²) in [6.07, 6.45) is 1.81. The summed E-state index contributed by atoms with van der Waals surface area (Å²) in [7, 11) is -3.92. The molecule has 9 nitrogen and oxygen atoms in total. The number of rotatable bonds is 6. The number of carbonyl (C=O) groups excluding carboxylic acids is 2. The molecule has 44 heavy (non-hydrogen) atoms. The van der Waals surface area contributed by atoms with E-state index in [0.717, 1.165) is 11.1 Å². The van der Waals surface area contributed by atoms with Crippen LogP contribution in [-0.4, -0.2) is 39.1 Å². The Morgan fingerprint density at radius 2 is 1.61 bits per heavy atom. The number of aryl methyl sites for hydroxylation is 2. The SMILES string of the molecule is Cc1ccc(S(=O)(=O)n2ccc3c(Cc4nc5ccc(C#N)cc5[nH]4)c(CN4C(=O)c5ccccc5C4=O)cc(C)c32)cc1. The molecule has 7 rings (SSSR count). The highest BCUT2D eigenvalue weighted by Gasteiger charge is 2.36. The fourth-order valence-electron chi connectivity index (χ4n) is 5.94. The minimum atomic E-state index is -3.92. The minimum absolute atomic E-state index is 0.00710. The third-order valence-corrected chi connectivity index (χ3v) is 9.81. The van der Waals surface area contributed by atoms with E-state index in [1.165, 1.54) is 8.87 Å². The summed E-state index contributed by atoms with van der Waals surface area (Å²) in [4.78, 5) is 36.0. The maximum atomic E-state index is 13.8. The van der Waals surface area contributed by atoms with Crippen LogP contribution in [0.4, 0.5) is 0 Å². The van der Waals surface area contributed by atoms with Crippen molar-refractivity contribution < 1.29 is 18.0 Å². The van der Waals surface area contributed by atoms with Crippen molar-refractivity contribution in [2.24, 2.45) is 0 Å². The third kappa shape index (κ3) is 4.29. The van der Waals surface area contributed by atoms with Gasteiger partial charge in [0.25, 0.3) is 21.8 Å². The summed E-state index contributed by atoms with van der Waals surface area (Å²) >= 11 is 0. The van der Waals surface area contributed by atoms with Gasteiger partial charge < -0.3 is 4.98 Å². The van der Waals surface area contributed by atoms with E-state index in [0.29, 0.717) is 55.6 Å². The fraction of sp³-hybridized carbons (Fsp3) is 0.118. The maximum Gasteiger partial charge on any atom is 0.268 e. The summed E-state index contributed by atoms with van der Waals surface area (Å²) in [6, 6.07) is 24.4. The van der Waals surface area contributed by atoms with E-state index in [2.05, 4.69) is 11.1 Å². The molecule has 0 bridgehead atoms. The summed E-state index contributed by atoms with van der Waals surface area (Å²) in [5.41, 5.74) is 6.17. The predicted molar refractivity (Wildman–Crippen MR) is 165 cm³/mol. The third-order valence-electron chi connectivity index (χ3n) is 8.12. The molecular formula is C34H25N5O4S. The second kappa shape index (κ2) is 10.0. The van der Waals surface area contributed by atoms with Crippen molar-refractivity contribution in [1.29, 1.82) is 5.26 Å². The van der Waals surface area contributed by atoms with Crippen LogP contribution in [-0.2, 0) is 23.0 Å². The van der Waals surface area contributed by atoms with Gasteiger partial charge in [-0.15, -0.1) is 0 Å². The highest BCUT2D eigenvalue weighted by atomic mass is 32.2. The van der Waals surface area contributed by atoms with Gasteiger partial charge in [-0.1, -0.05) is 35.9 Å². The highest BCUT2D eigenvalue weighted by molar-refractivity contribution is 7.90. The number of nitrogens with zero attached hydrogens (tertiary/aromatic N) is 4. The lowest BCUT2D eigenvalue weighted by atomic mass is 9.96. The smallest absolute Gasteiger partial charge is 0.268 e. The first-order chi connectivity index (χ1) is 21.2. The Morgan fingerprint density at radius 3 is 2.30 bits per heavy atom. The molecule has 0 saturated carbocycles. The van der Waals surface area contributed by atoms with Crippen molar-refractivity contribution in [2.75, 3.05) is 0 Å². The summed E-state index contributed by atoms with van der Waals surface area (Å²) < 4.78 is 28.9. The number of carbonyl (C=O) groups is 2. The number of nitriles is 1. The maximum absolute atomic E-state index is 13.8. The van der Waals surface area contributed by atoms with Gasteiger partial charge in [0.15, 0.2) is 0 Å². The van der Waals surface area contributed by atoms with Gasteiger partial charge in [0, 0.05) is 18.0 Å². The number of aromatic nitrogens is 3. The largest absolute Gasteiger partial charge is 0.342 e. The van der Waals surface area contributed by atoms with Gasteiger partial charge in [-0.25, -0.2) is 17.4 Å². The minimum Gasteiger partial charge on any atom is -0.342 e. The van der Waals surface area contributed by atoms with Gasteiger partial charge in [-0.3, -0.25) is 14.5 Å². The van der Waals surface area contributed by atoms with Crippen LogP contribution in [0.3, 0.4) is 0 Å². The highest BCUT2D eigenvalue weighted by Crippen LogP contribution is 2.34. The molecule has 0 unspecified atom stereocenters. The van der Waals surface area contributed by atoms with E-state index in [1.54, 1.807) is 79.0 Å². The molecule has 1 aliphatic heterocycles. The Labute approximate surface area is 253 Å². The molecule has 4 aromatic carbocycles. The number of hydrogen-bond acceptors (Lipinski definition) is 6. The molecule has 0 atom stereocenters. The number of imide groups is 1. The van der Waals surface area contributed by atoms with Crippen molar-refractivity contribution in [2.45, 2.75) is 31.7 Å². The molecule has 2 aromatic heterocycles. The lowest BCUT2D eigenvalue weighted by molar-refractivity contribution is 0.0642. The van der Waals surface area contributed by atoms with Crippen LogP contribution in [0, 0.1) is 25.2 Å². The van der Waals surface area contributed by atoms with Crippen LogP contribution < -0.4 is 0 Å². The van der Waals surface area contributed by atoms with Crippen molar-refractivity contribution in [3.8, 4) is 6.07 Å². The molecule has 10 heteroatoms. The number of fused-ring (bicyclic) bond motifs is 3. The van der Waals surface area contributed by atoms with Crippen LogP contribution in [0.1, 0.15) is 54.4 Å². The van der Waals surface area contributed by atoms with E-state index in [4.69, 9.17) is 4.98 Å². The van der Waals surface area contributed by atoms with Gasteiger partial charge >= 0.3 is 0 Å². The van der Waals surface area contributed by atoms with Gasteiger partial charge in [0.05, 0.1) is 50.7 Å². The Balaban J connectivity index is 1.39. The van der Waals surface area contributed by atoms with Gasteiger partial charge in [-0.2, -0.15) is 5.26 Å². The number of hydrogen-bond donors (Lipinski definition) is 1. The normalized spacial score (nSPS) is 13.2. The zero-order valence-corrected chi connectivity index (χ0v) is 24.6. The molecule has 216 valence electrons. The molecule has 1 N–H and O–H groups in total. The van der Waals surface area contributed by atoms with Crippen LogP contribution in [0.2, 0.25) is 0 Å². The number of aromatic amines is 1. The van der Waals surface area contributed by atoms with Crippen LogP contribution in [0.25, 0.3) is 21.9 Å². The van der Waals surface area contributed by atoms with Crippen LogP contribution in [0.5, 0.6) is 0 Å². The average Bonchev–Trinajstić information content (AvgIpc) is 3.71. The van der Waals surface area contributed by atoms with Crippen molar-refractivity contribution in [3.63, 3.8) is 0 Å². The summed E-state index contributed by atoms with van der Waals surface area (Å²) in [6.45, 7) is 3.73. The van der Waals surface area contributed by atoms with Crippen molar-refractivity contribution in [3.05, 3.63) is 130 Å².